The molecule has 1 N–H and O–H groups in total. The van der Waals surface area contributed by atoms with Crippen LogP contribution < -0.4 is 4.74 Å². The lowest BCUT2D eigenvalue weighted by atomic mass is 9.48. The molecule has 1 spiro atoms. The number of Topliss-reactive ketones (excluding diaryl/α,β-unsaturated/α-hetero) is 1. The quantitative estimate of drug-likeness (QED) is 0.815. The maximum absolute atomic E-state index is 13.1. The van der Waals surface area contributed by atoms with Gasteiger partial charge in [-0.3, -0.25) is 9.69 Å². The molecule has 1 aromatic rings. The average molecular weight is 420 g/mol. The van der Waals surface area contributed by atoms with Gasteiger partial charge in [0.1, 0.15) is 0 Å². The second-order valence-corrected chi connectivity index (χ2v) is 9.50. The molecule has 2 bridgehead atoms. The fourth-order valence-electron chi connectivity index (χ4n) is 7.33. The number of phenols is 1. The van der Waals surface area contributed by atoms with E-state index in [4.69, 9.17) is 9.47 Å². The van der Waals surface area contributed by atoms with Gasteiger partial charge in [-0.2, -0.15) is 0 Å². The number of halogens is 1. The van der Waals surface area contributed by atoms with Crippen molar-refractivity contribution >= 4 is 18.2 Å². The third kappa shape index (κ3) is 2.50. The molecule has 3 aliphatic heterocycles. The predicted molar refractivity (Wildman–Crippen MR) is 111 cm³/mol. The first-order valence-corrected chi connectivity index (χ1v) is 11.0. The Morgan fingerprint density at radius 1 is 1.31 bits per heavy atom. The third-order valence-corrected chi connectivity index (χ3v) is 8.36. The summed E-state index contributed by atoms with van der Waals surface area (Å²) in [7, 11) is 0. The molecule has 0 aromatic heterocycles. The molecule has 158 valence electrons. The smallest absolute Gasteiger partial charge is 0.174 e. The van der Waals surface area contributed by atoms with E-state index >= 15 is 0 Å². The lowest BCUT2D eigenvalue weighted by Crippen LogP contribution is -2.68. The van der Waals surface area contributed by atoms with Gasteiger partial charge < -0.3 is 14.6 Å². The number of benzene rings is 1. The Balaban J connectivity index is 0.00000181. The van der Waals surface area contributed by atoms with E-state index in [-0.39, 0.29) is 29.4 Å². The van der Waals surface area contributed by atoms with Crippen LogP contribution in [0.25, 0.3) is 0 Å². The predicted octanol–water partition coefficient (Wildman–Crippen LogP) is 3.24. The first kappa shape index (κ1) is 19.7. The Morgan fingerprint density at radius 3 is 2.93 bits per heavy atom. The minimum atomic E-state index is -0.407. The van der Waals surface area contributed by atoms with Gasteiger partial charge >= 0.3 is 0 Å². The van der Waals surface area contributed by atoms with Crippen molar-refractivity contribution in [3.8, 4) is 11.5 Å². The first-order chi connectivity index (χ1) is 13.6. The number of likely N-dealkylation sites (tertiary alicyclic amines) is 1. The second-order valence-electron chi connectivity index (χ2n) is 9.50. The Kier molecular flexibility index (Phi) is 4.65. The van der Waals surface area contributed by atoms with Crippen LogP contribution in [0.2, 0.25) is 0 Å². The molecule has 5 nitrogen and oxygen atoms in total. The van der Waals surface area contributed by atoms with Gasteiger partial charge in [-0.1, -0.05) is 19.4 Å². The number of piperidine rings is 1. The summed E-state index contributed by atoms with van der Waals surface area (Å²) in [4.78, 5) is 15.8. The number of carbonyl (C=O) groups is 1. The molecule has 0 amide bonds. The van der Waals surface area contributed by atoms with Gasteiger partial charge in [-0.05, 0) is 55.7 Å². The molecule has 1 saturated carbocycles. The highest BCUT2D eigenvalue weighted by molar-refractivity contribution is 5.89. The van der Waals surface area contributed by atoms with E-state index in [0.29, 0.717) is 36.2 Å². The minimum Gasteiger partial charge on any atom is -0.504 e. The van der Waals surface area contributed by atoms with Gasteiger partial charge in [-0.25, -0.2) is 0 Å². The molecule has 6 heteroatoms. The molecular formula is C23H30ClNO4. The number of hydrogen-bond donors (Lipinski definition) is 1. The zero-order valence-corrected chi connectivity index (χ0v) is 17.7. The zero-order valence-electron chi connectivity index (χ0n) is 16.9. The van der Waals surface area contributed by atoms with Crippen LogP contribution in [0, 0.1) is 11.8 Å². The van der Waals surface area contributed by atoms with Crippen molar-refractivity contribution in [2.24, 2.45) is 11.8 Å². The van der Waals surface area contributed by atoms with E-state index in [2.05, 4.69) is 17.9 Å². The molecule has 3 heterocycles. The summed E-state index contributed by atoms with van der Waals surface area (Å²) in [6, 6.07) is 4.26. The van der Waals surface area contributed by atoms with Gasteiger partial charge in [0, 0.05) is 36.6 Å². The third-order valence-electron chi connectivity index (χ3n) is 8.36. The Bertz CT molecular complexity index is 838. The van der Waals surface area contributed by atoms with Gasteiger partial charge in [0.2, 0.25) is 0 Å². The van der Waals surface area contributed by atoms with E-state index in [1.54, 1.807) is 6.07 Å². The second kappa shape index (κ2) is 6.86. The fraction of sp³-hybridized carbons (Fsp3) is 0.696. The Morgan fingerprint density at radius 2 is 2.17 bits per heavy atom. The maximum atomic E-state index is 13.1. The number of ketones is 1. The van der Waals surface area contributed by atoms with Gasteiger partial charge in [0.25, 0.3) is 0 Å². The highest BCUT2D eigenvalue weighted by Crippen LogP contribution is 2.64. The van der Waals surface area contributed by atoms with E-state index in [1.165, 1.54) is 17.5 Å². The van der Waals surface area contributed by atoms with Crippen molar-refractivity contribution in [2.45, 2.75) is 69.1 Å². The van der Waals surface area contributed by atoms with Crippen molar-refractivity contribution in [3.05, 3.63) is 23.3 Å². The highest BCUT2D eigenvalue weighted by atomic mass is 35.5. The van der Waals surface area contributed by atoms with Crippen LogP contribution in [0.3, 0.4) is 0 Å². The van der Waals surface area contributed by atoms with Crippen LogP contribution in [0.15, 0.2) is 12.1 Å². The molecule has 6 atom stereocenters. The Hall–Kier alpha value is -1.30. The molecule has 3 fully saturated rings. The monoisotopic (exact) mass is 419 g/mol. The largest absolute Gasteiger partial charge is 0.504 e. The highest BCUT2D eigenvalue weighted by Gasteiger charge is 2.68. The average Bonchev–Trinajstić information content (AvgIpc) is 3.32. The minimum absolute atomic E-state index is 0. The number of phenolic OH excluding ortho intramolecular Hbond substituents is 1. The van der Waals surface area contributed by atoms with Crippen LogP contribution in [0.1, 0.15) is 50.2 Å². The number of hydrogen-bond acceptors (Lipinski definition) is 5. The number of nitrogens with zero attached hydrogens (tertiary/aromatic N) is 1. The summed E-state index contributed by atoms with van der Waals surface area (Å²) >= 11 is 0. The number of rotatable bonds is 3. The topological polar surface area (TPSA) is 59.0 Å². The molecular weight excluding hydrogens is 390 g/mol. The lowest BCUT2D eigenvalue weighted by molar-refractivity contribution is -0.146. The fourth-order valence-corrected chi connectivity index (χ4v) is 7.33. The Labute approximate surface area is 178 Å². The van der Waals surface area contributed by atoms with E-state index in [0.717, 1.165) is 45.4 Å². The van der Waals surface area contributed by atoms with Crippen LogP contribution in [0.4, 0.5) is 0 Å². The van der Waals surface area contributed by atoms with E-state index in [9.17, 15) is 9.90 Å². The summed E-state index contributed by atoms with van der Waals surface area (Å²) in [5.41, 5.74) is 2.20. The van der Waals surface area contributed by atoms with Gasteiger partial charge in [0.15, 0.2) is 23.4 Å². The van der Waals surface area contributed by atoms with E-state index < -0.39 is 6.10 Å². The van der Waals surface area contributed by atoms with Crippen molar-refractivity contribution < 1.29 is 19.4 Å². The molecule has 2 saturated heterocycles. The summed E-state index contributed by atoms with van der Waals surface area (Å²) in [5.74, 6) is 1.85. The summed E-state index contributed by atoms with van der Waals surface area (Å²) in [6.45, 7) is 5.11. The molecule has 5 aliphatic rings. The van der Waals surface area contributed by atoms with E-state index in [1.807, 2.05) is 0 Å². The lowest BCUT2D eigenvalue weighted by Gasteiger charge is -2.60. The summed E-state index contributed by atoms with van der Waals surface area (Å²) in [5, 5.41) is 10.5. The van der Waals surface area contributed by atoms with Crippen molar-refractivity contribution in [1.82, 2.24) is 4.90 Å². The summed E-state index contributed by atoms with van der Waals surface area (Å²) in [6.07, 6.45) is 5.85. The number of carbonyl (C=O) groups excluding carboxylic acids is 1. The van der Waals surface area contributed by atoms with Crippen LogP contribution >= 0.6 is 12.4 Å². The van der Waals surface area contributed by atoms with Crippen molar-refractivity contribution in [1.29, 1.82) is 0 Å². The molecule has 29 heavy (non-hydrogen) atoms. The van der Waals surface area contributed by atoms with Gasteiger partial charge in [0.05, 0.1) is 6.10 Å². The molecule has 1 aromatic carbocycles. The van der Waals surface area contributed by atoms with Crippen molar-refractivity contribution in [2.75, 3.05) is 19.7 Å². The van der Waals surface area contributed by atoms with Crippen molar-refractivity contribution in [3.63, 3.8) is 0 Å². The van der Waals surface area contributed by atoms with Crippen LogP contribution in [0.5, 0.6) is 11.5 Å². The molecule has 0 radical (unpaired) electrons. The maximum Gasteiger partial charge on any atom is 0.174 e. The molecule has 6 rings (SSSR count). The standard InChI is InChI=1S/C23H29NO4.ClH/c1-2-13-11-18(26)22-23-7-8-24(12-15-4-3-9-27-15)16(19(13)23)10-14-5-6-17(25)21(28-22)20(14)23;/h5-6,13,15-16,19,22,25H,2-4,7-12H2,1H3;1H/t13?,15?,16-,19+,22?,23+;/m1./s1. The molecule has 3 unspecified atom stereocenters. The number of aromatic hydroxyl groups is 1. The normalized spacial score (nSPS) is 39.6. The zero-order chi connectivity index (χ0) is 19.0. The first-order valence-electron chi connectivity index (χ1n) is 11.0. The van der Waals surface area contributed by atoms with Crippen LogP contribution in [-0.4, -0.2) is 53.7 Å². The SMILES string of the molecule is CCC1CC(=O)C2Oc3c(O)ccc4c3[C@@]23CCN(CC2CCCO2)[C@H](C4)[C@H]13.Cl. The van der Waals surface area contributed by atoms with Gasteiger partial charge in [-0.15, -0.1) is 12.4 Å². The van der Waals surface area contributed by atoms with Crippen LogP contribution in [-0.2, 0) is 21.4 Å². The summed E-state index contributed by atoms with van der Waals surface area (Å²) < 4.78 is 12.2. The number of ether oxygens (including phenoxy) is 2. The molecule has 2 aliphatic carbocycles.